The second-order valence-electron chi connectivity index (χ2n) is 9.25. The molecule has 0 radical (unpaired) electrons. The van der Waals surface area contributed by atoms with Gasteiger partial charge in [-0.05, 0) is 53.8 Å². The third-order valence-electron chi connectivity index (χ3n) is 6.29. The van der Waals surface area contributed by atoms with Gasteiger partial charge in [-0.1, -0.05) is 86.5 Å². The maximum Gasteiger partial charge on any atom is 0.247 e. The molecule has 0 aromatic heterocycles. The maximum atomic E-state index is 13.8. The van der Waals surface area contributed by atoms with E-state index in [2.05, 4.69) is 17.0 Å². The van der Waals surface area contributed by atoms with E-state index in [1.54, 1.807) is 36.1 Å². The van der Waals surface area contributed by atoms with E-state index in [0.717, 1.165) is 29.5 Å². The van der Waals surface area contributed by atoms with Crippen molar-refractivity contribution in [2.24, 2.45) is 0 Å². The zero-order chi connectivity index (χ0) is 28.3. The van der Waals surface area contributed by atoms with Crippen LogP contribution in [-0.4, -0.2) is 38.2 Å². The average molecular weight is 570 g/mol. The highest BCUT2D eigenvalue weighted by atomic mass is 35.5. The zero-order valence-corrected chi connectivity index (χ0v) is 24.0. The van der Waals surface area contributed by atoms with Crippen molar-refractivity contribution in [2.75, 3.05) is 13.1 Å². The van der Waals surface area contributed by atoms with E-state index in [4.69, 9.17) is 11.6 Å². The summed E-state index contributed by atoms with van der Waals surface area (Å²) < 4.78 is 27.0. The number of carbonyl (C=O) groups is 2. The van der Waals surface area contributed by atoms with E-state index < -0.39 is 16.1 Å². The Morgan fingerprint density at radius 2 is 1.54 bits per heavy atom. The van der Waals surface area contributed by atoms with Crippen molar-refractivity contribution in [2.45, 2.75) is 57.0 Å². The number of unbranched alkanes of at least 4 members (excludes halogenated alkanes) is 1. The average Bonchev–Trinajstić information content (AvgIpc) is 2.93. The summed E-state index contributed by atoms with van der Waals surface area (Å²) in [5.41, 5.74) is 2.41. The van der Waals surface area contributed by atoms with Crippen LogP contribution < -0.4 is 10.0 Å². The highest BCUT2D eigenvalue weighted by Crippen LogP contribution is 2.26. The summed E-state index contributed by atoms with van der Waals surface area (Å²) in [7, 11) is -3.55. The molecule has 0 heterocycles. The zero-order valence-electron chi connectivity index (χ0n) is 22.4. The number of rotatable bonds is 14. The maximum absolute atomic E-state index is 13.8. The Bertz CT molecular complexity index is 1310. The summed E-state index contributed by atoms with van der Waals surface area (Å²) in [6.45, 7) is 4.84. The topological polar surface area (TPSA) is 95.6 Å². The van der Waals surface area contributed by atoms with Gasteiger partial charge in [-0.15, -0.1) is 0 Å². The minimum atomic E-state index is -3.55. The van der Waals surface area contributed by atoms with Crippen molar-refractivity contribution < 1.29 is 18.0 Å². The molecule has 0 saturated heterocycles. The van der Waals surface area contributed by atoms with Crippen LogP contribution in [0.15, 0.2) is 83.8 Å². The van der Waals surface area contributed by atoms with Crippen molar-refractivity contribution >= 4 is 33.4 Å². The summed E-state index contributed by atoms with van der Waals surface area (Å²) in [6.07, 6.45) is 2.34. The fraction of sp³-hybridized carbons (Fsp3) is 0.333. The number of hydrogen-bond acceptors (Lipinski definition) is 4. The fourth-order valence-corrected chi connectivity index (χ4v) is 5.37. The lowest BCUT2D eigenvalue weighted by Crippen LogP contribution is -2.43. The normalized spacial score (nSPS) is 12.1. The second kappa shape index (κ2) is 14.8. The number of carbonyl (C=O) groups excluding carboxylic acids is 2. The van der Waals surface area contributed by atoms with Crippen molar-refractivity contribution in [3.8, 4) is 0 Å². The standard InChI is InChI=1S/C30H36ClN3O4S/c1-3-5-21-32-30(36)29(25-9-7-6-8-10-25)34(22-24-11-16-26(31)17-12-24)28(35)20-15-23-13-18-27(19-14-23)39(37,38)33-4-2/h6-14,16-19,29,33H,3-5,15,20-22H2,1-2H3,(H,32,36)/t29-/m0/s1. The lowest BCUT2D eigenvalue weighted by molar-refractivity contribution is -0.141. The highest BCUT2D eigenvalue weighted by Gasteiger charge is 2.31. The second-order valence-corrected chi connectivity index (χ2v) is 11.5. The molecule has 0 fully saturated rings. The molecule has 208 valence electrons. The molecule has 1 atom stereocenters. The Labute approximate surface area is 236 Å². The van der Waals surface area contributed by atoms with Gasteiger partial charge in [-0.3, -0.25) is 9.59 Å². The van der Waals surface area contributed by atoms with Gasteiger partial charge < -0.3 is 10.2 Å². The minimum absolute atomic E-state index is 0.151. The number of halogens is 1. The Hall–Kier alpha value is -3.20. The number of sulfonamides is 1. The van der Waals surface area contributed by atoms with Gasteiger partial charge in [0, 0.05) is 31.1 Å². The van der Waals surface area contributed by atoms with Crippen molar-refractivity contribution in [3.63, 3.8) is 0 Å². The van der Waals surface area contributed by atoms with Crippen LogP contribution in [0.4, 0.5) is 0 Å². The Kier molecular flexibility index (Phi) is 11.5. The van der Waals surface area contributed by atoms with Crippen molar-refractivity contribution in [1.82, 2.24) is 14.9 Å². The molecule has 0 aliphatic heterocycles. The molecule has 0 aliphatic rings. The monoisotopic (exact) mass is 569 g/mol. The largest absolute Gasteiger partial charge is 0.354 e. The summed E-state index contributed by atoms with van der Waals surface area (Å²) in [5, 5.41) is 3.59. The smallest absolute Gasteiger partial charge is 0.247 e. The summed E-state index contributed by atoms with van der Waals surface area (Å²) in [4.78, 5) is 29.0. The van der Waals surface area contributed by atoms with Crippen LogP contribution in [0.5, 0.6) is 0 Å². The molecule has 0 unspecified atom stereocenters. The number of amides is 2. The highest BCUT2D eigenvalue weighted by molar-refractivity contribution is 7.89. The molecule has 3 rings (SSSR count). The molecule has 0 aliphatic carbocycles. The van der Waals surface area contributed by atoms with Gasteiger partial charge in [0.25, 0.3) is 0 Å². The molecule has 7 nitrogen and oxygen atoms in total. The lowest BCUT2D eigenvalue weighted by Gasteiger charge is -2.32. The third kappa shape index (κ3) is 8.92. The van der Waals surface area contributed by atoms with Gasteiger partial charge in [-0.2, -0.15) is 0 Å². The van der Waals surface area contributed by atoms with E-state index >= 15 is 0 Å². The Morgan fingerprint density at radius 1 is 0.897 bits per heavy atom. The number of benzene rings is 3. The van der Waals surface area contributed by atoms with E-state index in [1.165, 1.54) is 12.1 Å². The minimum Gasteiger partial charge on any atom is -0.354 e. The number of nitrogens with one attached hydrogen (secondary N) is 2. The van der Waals surface area contributed by atoms with E-state index in [1.807, 2.05) is 42.5 Å². The van der Waals surface area contributed by atoms with Crippen molar-refractivity contribution in [1.29, 1.82) is 0 Å². The Balaban J connectivity index is 1.87. The van der Waals surface area contributed by atoms with Crippen molar-refractivity contribution in [3.05, 3.63) is 101 Å². The molecule has 3 aromatic carbocycles. The van der Waals surface area contributed by atoms with E-state index in [-0.39, 0.29) is 29.7 Å². The van der Waals surface area contributed by atoms with Gasteiger partial charge in [0.15, 0.2) is 0 Å². The van der Waals surface area contributed by atoms with Crippen LogP contribution in [0.25, 0.3) is 0 Å². The van der Waals surface area contributed by atoms with Crippen LogP contribution in [-0.2, 0) is 32.6 Å². The molecule has 3 aromatic rings. The van der Waals surface area contributed by atoms with Gasteiger partial charge in [-0.25, -0.2) is 13.1 Å². The lowest BCUT2D eigenvalue weighted by atomic mass is 10.0. The predicted molar refractivity (Wildman–Crippen MR) is 155 cm³/mol. The van der Waals surface area contributed by atoms with Gasteiger partial charge in [0.1, 0.15) is 6.04 Å². The number of aryl methyl sites for hydroxylation is 1. The molecule has 0 saturated carbocycles. The van der Waals surface area contributed by atoms with Gasteiger partial charge in [0.2, 0.25) is 21.8 Å². The first-order valence-corrected chi connectivity index (χ1v) is 15.1. The number of hydrogen-bond donors (Lipinski definition) is 2. The van der Waals surface area contributed by atoms with E-state index in [9.17, 15) is 18.0 Å². The van der Waals surface area contributed by atoms with Gasteiger partial charge in [0.05, 0.1) is 4.90 Å². The van der Waals surface area contributed by atoms with Crippen LogP contribution in [0.3, 0.4) is 0 Å². The SMILES string of the molecule is CCCCNC(=O)[C@H](c1ccccc1)N(Cc1ccc(Cl)cc1)C(=O)CCc1ccc(S(=O)(=O)NCC)cc1. The first-order chi connectivity index (χ1) is 18.7. The fourth-order valence-electron chi connectivity index (χ4n) is 4.21. The van der Waals surface area contributed by atoms with Crippen LogP contribution in [0, 0.1) is 0 Å². The summed E-state index contributed by atoms with van der Waals surface area (Å²) in [6, 6.07) is 22.2. The number of nitrogens with zero attached hydrogens (tertiary/aromatic N) is 1. The van der Waals surface area contributed by atoms with Crippen LogP contribution in [0.1, 0.15) is 55.8 Å². The first-order valence-electron chi connectivity index (χ1n) is 13.2. The molecule has 39 heavy (non-hydrogen) atoms. The molecule has 9 heteroatoms. The molecule has 2 N–H and O–H groups in total. The summed E-state index contributed by atoms with van der Waals surface area (Å²) >= 11 is 6.08. The molecule has 0 spiro atoms. The van der Waals surface area contributed by atoms with E-state index in [0.29, 0.717) is 24.5 Å². The molecule has 0 bridgehead atoms. The molecular formula is C30H36ClN3O4S. The van der Waals surface area contributed by atoms with Crippen LogP contribution >= 0.6 is 11.6 Å². The quantitative estimate of drug-likeness (QED) is 0.259. The predicted octanol–water partition coefficient (Wildman–Crippen LogP) is 5.26. The summed E-state index contributed by atoms with van der Waals surface area (Å²) in [5.74, 6) is -0.413. The third-order valence-corrected chi connectivity index (χ3v) is 8.10. The molecular weight excluding hydrogens is 534 g/mol. The van der Waals surface area contributed by atoms with Crippen LogP contribution in [0.2, 0.25) is 5.02 Å². The van der Waals surface area contributed by atoms with Gasteiger partial charge >= 0.3 is 0 Å². The molecule has 2 amide bonds. The first kappa shape index (κ1) is 30.3. The Morgan fingerprint density at radius 3 is 2.15 bits per heavy atom.